The van der Waals surface area contributed by atoms with Crippen LogP contribution in [0.2, 0.25) is 10.0 Å². The molecule has 0 spiro atoms. The molecule has 0 fully saturated rings. The van der Waals surface area contributed by atoms with E-state index in [1.807, 2.05) is 0 Å². The number of primary amides is 1. The number of halogens is 3. The molecule has 0 saturated carbocycles. The molecule has 18 heavy (non-hydrogen) atoms. The van der Waals surface area contributed by atoms with Crippen LogP contribution in [-0.4, -0.2) is 5.91 Å². The van der Waals surface area contributed by atoms with Crippen molar-refractivity contribution in [3.8, 4) is 11.1 Å². The van der Waals surface area contributed by atoms with Crippen LogP contribution in [0, 0.1) is 5.82 Å². The lowest BCUT2D eigenvalue weighted by Crippen LogP contribution is -2.13. The summed E-state index contributed by atoms with van der Waals surface area (Å²) in [7, 11) is 0. The maximum atomic E-state index is 14.1. The average molecular weight is 284 g/mol. The van der Waals surface area contributed by atoms with E-state index in [1.54, 1.807) is 18.2 Å². The quantitative estimate of drug-likeness (QED) is 0.893. The van der Waals surface area contributed by atoms with E-state index in [0.717, 1.165) is 0 Å². The maximum Gasteiger partial charge on any atom is 0.251 e. The van der Waals surface area contributed by atoms with Crippen molar-refractivity contribution in [3.05, 3.63) is 57.8 Å². The molecule has 2 aromatic rings. The Morgan fingerprint density at radius 2 is 1.83 bits per heavy atom. The Morgan fingerprint density at radius 3 is 2.44 bits per heavy atom. The van der Waals surface area contributed by atoms with Crippen LogP contribution in [0.15, 0.2) is 36.4 Å². The molecule has 5 heteroatoms. The van der Waals surface area contributed by atoms with Crippen molar-refractivity contribution in [1.29, 1.82) is 0 Å². The fourth-order valence-corrected chi connectivity index (χ4v) is 2.15. The fourth-order valence-electron chi connectivity index (χ4n) is 1.64. The van der Waals surface area contributed by atoms with Crippen molar-refractivity contribution in [3.63, 3.8) is 0 Å². The van der Waals surface area contributed by atoms with Gasteiger partial charge in [-0.15, -0.1) is 0 Å². The molecule has 0 aliphatic rings. The standard InChI is InChI=1S/C13H8Cl2FNO/c14-7-4-5-8(11(15)6-7)9-2-1-3-10(12(9)16)13(17)18/h1-6H,(H2,17,18). The summed E-state index contributed by atoms with van der Waals surface area (Å²) in [5.74, 6) is -1.51. The number of hydrogen-bond donors (Lipinski definition) is 1. The lowest BCUT2D eigenvalue weighted by atomic mass is 10.0. The zero-order chi connectivity index (χ0) is 13.3. The minimum Gasteiger partial charge on any atom is -0.366 e. The molecule has 0 heterocycles. The summed E-state index contributed by atoms with van der Waals surface area (Å²) < 4.78 is 14.1. The summed E-state index contributed by atoms with van der Waals surface area (Å²) in [4.78, 5) is 11.1. The second kappa shape index (κ2) is 4.96. The van der Waals surface area contributed by atoms with E-state index < -0.39 is 11.7 Å². The van der Waals surface area contributed by atoms with Crippen LogP contribution >= 0.6 is 23.2 Å². The third kappa shape index (κ3) is 2.33. The Balaban J connectivity index is 2.64. The first-order valence-electron chi connectivity index (χ1n) is 5.04. The predicted octanol–water partition coefficient (Wildman–Crippen LogP) is 3.90. The number of amides is 1. The van der Waals surface area contributed by atoms with Gasteiger partial charge in [-0.2, -0.15) is 0 Å². The van der Waals surface area contributed by atoms with Gasteiger partial charge in [0.15, 0.2) is 0 Å². The van der Waals surface area contributed by atoms with Gasteiger partial charge in [0.1, 0.15) is 5.82 Å². The molecule has 0 aliphatic carbocycles. The first-order valence-corrected chi connectivity index (χ1v) is 5.80. The SMILES string of the molecule is NC(=O)c1cccc(-c2ccc(Cl)cc2Cl)c1F. The van der Waals surface area contributed by atoms with Crippen LogP contribution < -0.4 is 5.73 Å². The molecular formula is C13H8Cl2FNO. The van der Waals surface area contributed by atoms with Crippen molar-refractivity contribution < 1.29 is 9.18 Å². The Hall–Kier alpha value is -1.58. The van der Waals surface area contributed by atoms with Crippen LogP contribution in [0.4, 0.5) is 4.39 Å². The van der Waals surface area contributed by atoms with Crippen molar-refractivity contribution in [2.24, 2.45) is 5.73 Å². The number of hydrogen-bond acceptors (Lipinski definition) is 1. The first kappa shape index (κ1) is 12.9. The number of benzene rings is 2. The molecule has 1 amide bonds. The van der Waals surface area contributed by atoms with E-state index in [1.165, 1.54) is 18.2 Å². The highest BCUT2D eigenvalue weighted by Crippen LogP contribution is 2.32. The van der Waals surface area contributed by atoms with E-state index in [0.29, 0.717) is 15.6 Å². The fraction of sp³-hybridized carbons (Fsp3) is 0. The van der Waals surface area contributed by atoms with Gasteiger partial charge in [-0.25, -0.2) is 4.39 Å². The third-order valence-corrected chi connectivity index (χ3v) is 3.03. The highest BCUT2D eigenvalue weighted by atomic mass is 35.5. The Bertz CT molecular complexity index is 628. The third-order valence-electron chi connectivity index (χ3n) is 2.49. The Kier molecular flexibility index (Phi) is 3.55. The van der Waals surface area contributed by atoms with Crippen molar-refractivity contribution in [2.45, 2.75) is 0 Å². The minimum absolute atomic E-state index is 0.168. The summed E-state index contributed by atoms with van der Waals surface area (Å²) in [6.45, 7) is 0. The van der Waals surface area contributed by atoms with Crippen LogP contribution in [0.3, 0.4) is 0 Å². The monoisotopic (exact) mass is 283 g/mol. The highest BCUT2D eigenvalue weighted by molar-refractivity contribution is 6.36. The summed E-state index contributed by atoms with van der Waals surface area (Å²) in [5.41, 5.74) is 5.60. The van der Waals surface area contributed by atoms with Gasteiger partial charge in [-0.3, -0.25) is 4.79 Å². The van der Waals surface area contributed by atoms with Crippen LogP contribution in [-0.2, 0) is 0 Å². The van der Waals surface area contributed by atoms with Crippen molar-refractivity contribution >= 4 is 29.1 Å². The van der Waals surface area contributed by atoms with Gasteiger partial charge in [0.25, 0.3) is 5.91 Å². The largest absolute Gasteiger partial charge is 0.366 e. The van der Waals surface area contributed by atoms with E-state index in [9.17, 15) is 9.18 Å². The molecule has 2 aromatic carbocycles. The smallest absolute Gasteiger partial charge is 0.251 e. The summed E-state index contributed by atoms with van der Waals surface area (Å²) in [6, 6.07) is 9.09. The Morgan fingerprint density at radius 1 is 1.11 bits per heavy atom. The van der Waals surface area contributed by atoms with Gasteiger partial charge < -0.3 is 5.73 Å². The van der Waals surface area contributed by atoms with E-state index in [-0.39, 0.29) is 11.1 Å². The second-order valence-corrected chi connectivity index (χ2v) is 4.50. The van der Waals surface area contributed by atoms with Crippen LogP contribution in [0.25, 0.3) is 11.1 Å². The molecule has 0 saturated heterocycles. The number of rotatable bonds is 2. The Labute approximate surface area is 113 Å². The van der Waals surface area contributed by atoms with Gasteiger partial charge in [-0.1, -0.05) is 41.4 Å². The summed E-state index contributed by atoms with van der Waals surface area (Å²) in [6.07, 6.45) is 0. The van der Waals surface area contributed by atoms with Crippen molar-refractivity contribution in [1.82, 2.24) is 0 Å². The van der Waals surface area contributed by atoms with Gasteiger partial charge in [-0.05, 0) is 18.2 Å². The molecule has 0 atom stereocenters. The molecule has 2 N–H and O–H groups in total. The van der Waals surface area contributed by atoms with Gasteiger partial charge in [0.2, 0.25) is 0 Å². The lowest BCUT2D eigenvalue weighted by Gasteiger charge is -2.08. The molecule has 0 radical (unpaired) electrons. The van der Waals surface area contributed by atoms with Gasteiger partial charge in [0, 0.05) is 21.2 Å². The van der Waals surface area contributed by atoms with E-state index >= 15 is 0 Å². The predicted molar refractivity (Wildman–Crippen MR) is 70.4 cm³/mol. The molecule has 0 aliphatic heterocycles. The second-order valence-electron chi connectivity index (χ2n) is 3.66. The van der Waals surface area contributed by atoms with Gasteiger partial charge >= 0.3 is 0 Å². The molecule has 0 bridgehead atoms. The molecule has 0 aromatic heterocycles. The first-order chi connectivity index (χ1) is 8.50. The van der Waals surface area contributed by atoms with E-state index in [2.05, 4.69) is 0 Å². The lowest BCUT2D eigenvalue weighted by molar-refractivity contribution is 0.0996. The minimum atomic E-state index is -0.820. The van der Waals surface area contributed by atoms with E-state index in [4.69, 9.17) is 28.9 Å². The molecule has 92 valence electrons. The zero-order valence-electron chi connectivity index (χ0n) is 9.08. The van der Waals surface area contributed by atoms with Gasteiger partial charge in [0.05, 0.1) is 5.56 Å². The molecule has 2 nitrogen and oxygen atoms in total. The normalized spacial score (nSPS) is 10.4. The number of nitrogens with two attached hydrogens (primary N) is 1. The molecule has 2 rings (SSSR count). The number of carbonyl (C=O) groups is 1. The van der Waals surface area contributed by atoms with Crippen LogP contribution in [0.5, 0.6) is 0 Å². The highest BCUT2D eigenvalue weighted by Gasteiger charge is 2.15. The topological polar surface area (TPSA) is 43.1 Å². The van der Waals surface area contributed by atoms with Crippen molar-refractivity contribution in [2.75, 3.05) is 0 Å². The molecular weight excluding hydrogens is 276 g/mol. The number of carbonyl (C=O) groups excluding carboxylic acids is 1. The van der Waals surface area contributed by atoms with Crippen LogP contribution in [0.1, 0.15) is 10.4 Å². The summed E-state index contributed by atoms with van der Waals surface area (Å²) in [5, 5.41) is 0.762. The molecule has 0 unspecified atom stereocenters. The summed E-state index contributed by atoms with van der Waals surface area (Å²) >= 11 is 11.8. The zero-order valence-corrected chi connectivity index (χ0v) is 10.6. The average Bonchev–Trinajstić information content (AvgIpc) is 2.30. The maximum absolute atomic E-state index is 14.1.